The van der Waals surface area contributed by atoms with E-state index in [2.05, 4.69) is 6.92 Å². The monoisotopic (exact) mass is 378 g/mol. The number of benzene rings is 2. The van der Waals surface area contributed by atoms with E-state index in [1.54, 1.807) is 24.8 Å². The van der Waals surface area contributed by atoms with Crippen LogP contribution in [0.15, 0.2) is 35.2 Å². The molecule has 0 aliphatic carbocycles. The summed E-state index contributed by atoms with van der Waals surface area (Å²) in [5, 5.41) is 0.594. The number of halogens is 1. The molecule has 0 heterocycles. The number of thioether (sulfide) groups is 1. The largest absolute Gasteiger partial charge is 0.487 e. The fourth-order valence-corrected chi connectivity index (χ4v) is 3.37. The minimum Gasteiger partial charge on any atom is -0.487 e. The molecule has 0 aliphatic heterocycles. The molecule has 0 saturated heterocycles. The predicted molar refractivity (Wildman–Crippen MR) is 104 cm³/mol. The molecule has 5 heteroatoms. The standard InChI is InChI=1S/C20H23ClO3S/c1-5-14-11-16(21)18(10-13(14)3)23-12-15-17(24-20(22)6-2)8-7-9-19(15)25-4/h7-11H,5-6,12H2,1-4H3. The highest BCUT2D eigenvalue weighted by atomic mass is 35.5. The molecule has 0 unspecified atom stereocenters. The molecule has 3 nitrogen and oxygen atoms in total. The molecule has 0 radical (unpaired) electrons. The van der Waals surface area contributed by atoms with E-state index in [-0.39, 0.29) is 12.6 Å². The van der Waals surface area contributed by atoms with Crippen molar-refractivity contribution in [1.82, 2.24) is 0 Å². The van der Waals surface area contributed by atoms with Crippen LogP contribution in [0, 0.1) is 6.92 Å². The average molecular weight is 379 g/mol. The van der Waals surface area contributed by atoms with Gasteiger partial charge >= 0.3 is 5.97 Å². The van der Waals surface area contributed by atoms with Crippen molar-refractivity contribution in [1.29, 1.82) is 0 Å². The number of esters is 1. The summed E-state index contributed by atoms with van der Waals surface area (Å²) in [6.45, 7) is 6.21. The molecule has 0 bridgehead atoms. The summed E-state index contributed by atoms with van der Waals surface area (Å²) in [6.07, 6.45) is 3.24. The summed E-state index contributed by atoms with van der Waals surface area (Å²) in [4.78, 5) is 12.7. The van der Waals surface area contributed by atoms with Crippen molar-refractivity contribution in [2.75, 3.05) is 6.26 Å². The number of hydrogen-bond acceptors (Lipinski definition) is 4. The van der Waals surface area contributed by atoms with Crippen LogP contribution < -0.4 is 9.47 Å². The number of hydrogen-bond donors (Lipinski definition) is 0. The zero-order valence-electron chi connectivity index (χ0n) is 15.0. The van der Waals surface area contributed by atoms with E-state index in [9.17, 15) is 4.79 Å². The maximum atomic E-state index is 11.7. The highest BCUT2D eigenvalue weighted by Crippen LogP contribution is 2.33. The molecule has 134 valence electrons. The van der Waals surface area contributed by atoms with Gasteiger partial charge in [-0.1, -0.05) is 31.5 Å². The lowest BCUT2D eigenvalue weighted by atomic mass is 10.1. The van der Waals surface area contributed by atoms with E-state index in [0.29, 0.717) is 22.9 Å². The molecular formula is C20H23ClO3S. The summed E-state index contributed by atoms with van der Waals surface area (Å²) in [6, 6.07) is 9.56. The van der Waals surface area contributed by atoms with Crippen LogP contribution in [0.2, 0.25) is 5.02 Å². The van der Waals surface area contributed by atoms with Crippen molar-refractivity contribution in [3.05, 3.63) is 52.0 Å². The Hall–Kier alpha value is -1.65. The molecule has 0 aromatic heterocycles. The Bertz CT molecular complexity index is 759. The molecule has 2 aromatic rings. The molecule has 0 saturated carbocycles. The van der Waals surface area contributed by atoms with E-state index in [4.69, 9.17) is 21.1 Å². The lowest BCUT2D eigenvalue weighted by Gasteiger charge is -2.16. The van der Waals surface area contributed by atoms with E-state index >= 15 is 0 Å². The fourth-order valence-electron chi connectivity index (χ4n) is 2.51. The molecule has 0 amide bonds. The maximum Gasteiger partial charge on any atom is 0.310 e. The Morgan fingerprint density at radius 3 is 2.60 bits per heavy atom. The van der Waals surface area contributed by atoms with Crippen molar-refractivity contribution in [3.8, 4) is 11.5 Å². The molecule has 0 N–H and O–H groups in total. The highest BCUT2D eigenvalue weighted by molar-refractivity contribution is 7.98. The summed E-state index contributed by atoms with van der Waals surface area (Å²) in [5.41, 5.74) is 3.21. The van der Waals surface area contributed by atoms with E-state index in [0.717, 1.165) is 22.4 Å². The second-order valence-corrected chi connectivity index (χ2v) is 6.87. The van der Waals surface area contributed by atoms with Crippen molar-refractivity contribution < 1.29 is 14.3 Å². The second-order valence-electron chi connectivity index (χ2n) is 5.62. The molecule has 2 aromatic carbocycles. The Labute approximate surface area is 158 Å². The first-order chi connectivity index (χ1) is 12.0. The average Bonchev–Trinajstić information content (AvgIpc) is 2.62. The Kier molecular flexibility index (Phi) is 7.21. The van der Waals surface area contributed by atoms with Crippen molar-refractivity contribution >= 4 is 29.3 Å². The summed E-state index contributed by atoms with van der Waals surface area (Å²) < 4.78 is 11.4. The lowest BCUT2D eigenvalue weighted by Crippen LogP contribution is -2.09. The third-order valence-electron chi connectivity index (χ3n) is 3.97. The van der Waals surface area contributed by atoms with Gasteiger partial charge in [-0.15, -0.1) is 11.8 Å². The Morgan fingerprint density at radius 2 is 1.96 bits per heavy atom. The zero-order chi connectivity index (χ0) is 18.4. The number of carbonyl (C=O) groups is 1. The van der Waals surface area contributed by atoms with Gasteiger partial charge in [0.15, 0.2) is 0 Å². The SMILES string of the molecule is CCC(=O)Oc1cccc(SC)c1COc1cc(C)c(CC)cc1Cl. The van der Waals surface area contributed by atoms with Gasteiger partial charge in [0, 0.05) is 16.9 Å². The minimum atomic E-state index is -0.263. The number of rotatable bonds is 7. The number of aryl methyl sites for hydroxylation is 2. The third kappa shape index (κ3) is 4.93. The highest BCUT2D eigenvalue weighted by Gasteiger charge is 2.14. The summed E-state index contributed by atoms with van der Waals surface area (Å²) >= 11 is 7.94. The van der Waals surface area contributed by atoms with Crippen LogP contribution in [0.1, 0.15) is 37.0 Å². The van der Waals surface area contributed by atoms with E-state index in [1.165, 1.54) is 5.56 Å². The van der Waals surface area contributed by atoms with Gasteiger partial charge in [0.25, 0.3) is 0 Å². The summed E-state index contributed by atoms with van der Waals surface area (Å²) in [7, 11) is 0. The van der Waals surface area contributed by atoms with Gasteiger partial charge in [-0.3, -0.25) is 4.79 Å². The van der Waals surface area contributed by atoms with Crippen molar-refractivity contribution in [2.24, 2.45) is 0 Å². The minimum absolute atomic E-state index is 0.263. The van der Waals surface area contributed by atoms with Crippen LogP contribution in [0.3, 0.4) is 0 Å². The molecule has 0 atom stereocenters. The second kappa shape index (κ2) is 9.16. The summed E-state index contributed by atoms with van der Waals surface area (Å²) in [5.74, 6) is 0.914. The Morgan fingerprint density at radius 1 is 1.20 bits per heavy atom. The molecule has 0 fully saturated rings. The van der Waals surface area contributed by atoms with Gasteiger partial charge in [-0.25, -0.2) is 0 Å². The zero-order valence-corrected chi connectivity index (χ0v) is 16.6. The third-order valence-corrected chi connectivity index (χ3v) is 5.08. The first kappa shape index (κ1) is 19.7. The van der Waals surface area contributed by atoms with Crippen molar-refractivity contribution in [3.63, 3.8) is 0 Å². The predicted octanol–water partition coefficient (Wildman–Crippen LogP) is 5.83. The van der Waals surface area contributed by atoms with Gasteiger partial charge in [0.05, 0.1) is 5.02 Å². The molecule has 25 heavy (non-hydrogen) atoms. The van der Waals surface area contributed by atoms with E-state index < -0.39 is 0 Å². The normalized spacial score (nSPS) is 10.6. The van der Waals surface area contributed by atoms with Crippen LogP contribution in [-0.2, 0) is 17.8 Å². The molecular weight excluding hydrogens is 356 g/mol. The van der Waals surface area contributed by atoms with Crippen LogP contribution in [-0.4, -0.2) is 12.2 Å². The first-order valence-electron chi connectivity index (χ1n) is 8.28. The van der Waals surface area contributed by atoms with E-state index in [1.807, 2.05) is 37.4 Å². The van der Waals surface area contributed by atoms with Gasteiger partial charge in [0.1, 0.15) is 18.1 Å². The number of ether oxygens (including phenoxy) is 2. The Balaban J connectivity index is 2.28. The van der Waals surface area contributed by atoms with Crippen LogP contribution in [0.4, 0.5) is 0 Å². The van der Waals surface area contributed by atoms with Crippen LogP contribution in [0.5, 0.6) is 11.5 Å². The maximum absolute atomic E-state index is 11.7. The topological polar surface area (TPSA) is 35.5 Å². The van der Waals surface area contributed by atoms with Gasteiger partial charge < -0.3 is 9.47 Å². The fraction of sp³-hybridized carbons (Fsp3) is 0.350. The van der Waals surface area contributed by atoms with Crippen molar-refractivity contribution in [2.45, 2.75) is 45.1 Å². The number of carbonyl (C=O) groups excluding carboxylic acids is 1. The molecule has 0 spiro atoms. The molecule has 2 rings (SSSR count). The van der Waals surface area contributed by atoms with Crippen LogP contribution in [0.25, 0.3) is 0 Å². The van der Waals surface area contributed by atoms with Gasteiger partial charge in [-0.05, 0) is 55.0 Å². The smallest absolute Gasteiger partial charge is 0.310 e. The first-order valence-corrected chi connectivity index (χ1v) is 9.88. The molecule has 0 aliphatic rings. The quantitative estimate of drug-likeness (QED) is 0.345. The van der Waals surface area contributed by atoms with Gasteiger partial charge in [0.2, 0.25) is 0 Å². The lowest BCUT2D eigenvalue weighted by molar-refractivity contribution is -0.134. The van der Waals surface area contributed by atoms with Gasteiger partial charge in [-0.2, -0.15) is 0 Å². The van der Waals surface area contributed by atoms with Crippen LogP contribution >= 0.6 is 23.4 Å².